The van der Waals surface area contributed by atoms with Gasteiger partial charge in [0.2, 0.25) is 0 Å². The first-order chi connectivity index (χ1) is 11.6. The van der Waals surface area contributed by atoms with Gasteiger partial charge in [-0.05, 0) is 24.1 Å². The van der Waals surface area contributed by atoms with Gasteiger partial charge in [-0.2, -0.15) is 0 Å². The molecular weight excluding hydrogens is 322 g/mol. The number of aromatic nitrogens is 4. The van der Waals surface area contributed by atoms with Crippen molar-refractivity contribution in [3.63, 3.8) is 0 Å². The van der Waals surface area contributed by atoms with Gasteiger partial charge in [0.25, 0.3) is 5.91 Å². The van der Waals surface area contributed by atoms with Gasteiger partial charge < -0.3 is 4.90 Å². The number of hydrogen-bond acceptors (Lipinski definition) is 5. The Bertz CT molecular complexity index is 922. The fourth-order valence-electron chi connectivity index (χ4n) is 2.89. The van der Waals surface area contributed by atoms with Gasteiger partial charge in [0.1, 0.15) is 5.52 Å². The molecule has 1 aromatic carbocycles. The van der Waals surface area contributed by atoms with Gasteiger partial charge in [-0.3, -0.25) is 4.79 Å². The maximum Gasteiger partial charge on any atom is 0.259 e. The van der Waals surface area contributed by atoms with E-state index in [1.165, 1.54) is 0 Å². The average Bonchev–Trinajstić information content (AvgIpc) is 2.88. The fourth-order valence-corrected chi connectivity index (χ4v) is 3.96. The average molecular weight is 339 g/mol. The number of nitrogens with zero attached hydrogens (tertiary/aromatic N) is 5. The zero-order valence-corrected chi connectivity index (χ0v) is 14.3. The van der Waals surface area contributed by atoms with Crippen LogP contribution in [0.3, 0.4) is 0 Å². The van der Waals surface area contributed by atoms with Crippen LogP contribution in [-0.4, -0.2) is 38.2 Å². The minimum absolute atomic E-state index is 0.0446. The number of benzene rings is 1. The lowest BCUT2D eigenvalue weighted by Crippen LogP contribution is -2.34. The Morgan fingerprint density at radius 1 is 1.33 bits per heavy atom. The minimum Gasteiger partial charge on any atom is -0.307 e. The second-order valence-corrected chi connectivity index (χ2v) is 7.14. The summed E-state index contributed by atoms with van der Waals surface area (Å²) in [7, 11) is 1.79. The molecule has 1 amide bonds. The molecule has 3 heterocycles. The highest BCUT2D eigenvalue weighted by Crippen LogP contribution is 2.36. The third kappa shape index (κ3) is 2.54. The molecule has 0 bridgehead atoms. The first-order valence-electron chi connectivity index (χ1n) is 7.82. The number of pyridine rings is 1. The molecule has 0 aliphatic carbocycles. The fraction of sp³-hybridized carbons (Fsp3) is 0.294. The molecule has 0 radical (unpaired) electrons. The summed E-state index contributed by atoms with van der Waals surface area (Å²) in [6, 6.07) is 9.83. The van der Waals surface area contributed by atoms with Crippen molar-refractivity contribution in [1.82, 2.24) is 20.0 Å². The number of hydrogen-bond donors (Lipinski definition) is 0. The number of fused-ring (bicyclic) bond motifs is 2. The van der Waals surface area contributed by atoms with Crippen molar-refractivity contribution >= 4 is 34.5 Å². The second kappa shape index (κ2) is 5.90. The number of rotatable bonds is 1. The van der Waals surface area contributed by atoms with Crippen LogP contribution in [0.4, 0.5) is 5.69 Å². The molecule has 4 rings (SSSR count). The first kappa shape index (κ1) is 15.1. The zero-order valence-electron chi connectivity index (χ0n) is 13.5. The van der Waals surface area contributed by atoms with Gasteiger partial charge in [0.15, 0.2) is 5.65 Å². The zero-order chi connectivity index (χ0) is 16.7. The van der Waals surface area contributed by atoms with Crippen molar-refractivity contribution in [3.05, 3.63) is 42.1 Å². The number of aryl methyl sites for hydroxylation is 1. The SMILES string of the molecule is C[C@@H]1CSc2ccccc2N(C(=O)c2cnc3c(c2)nnn3C)C1. The van der Waals surface area contributed by atoms with Crippen LogP contribution >= 0.6 is 11.8 Å². The number of amides is 1. The van der Waals surface area contributed by atoms with Crippen molar-refractivity contribution in [2.45, 2.75) is 11.8 Å². The maximum absolute atomic E-state index is 13.1. The molecule has 2 aromatic heterocycles. The summed E-state index contributed by atoms with van der Waals surface area (Å²) in [4.78, 5) is 20.5. The van der Waals surface area contributed by atoms with Gasteiger partial charge >= 0.3 is 0 Å². The summed E-state index contributed by atoms with van der Waals surface area (Å²) < 4.78 is 1.60. The molecule has 7 heteroatoms. The largest absolute Gasteiger partial charge is 0.307 e. The smallest absolute Gasteiger partial charge is 0.259 e. The van der Waals surface area contributed by atoms with Crippen molar-refractivity contribution in [2.24, 2.45) is 13.0 Å². The van der Waals surface area contributed by atoms with Crippen LogP contribution in [0.2, 0.25) is 0 Å². The van der Waals surface area contributed by atoms with Gasteiger partial charge in [-0.25, -0.2) is 9.67 Å². The third-order valence-corrected chi connectivity index (χ3v) is 5.50. The molecule has 0 saturated carbocycles. The van der Waals surface area contributed by atoms with Crippen LogP contribution < -0.4 is 4.90 Å². The Kier molecular flexibility index (Phi) is 3.72. The van der Waals surface area contributed by atoms with E-state index in [0.29, 0.717) is 29.2 Å². The quantitative estimate of drug-likeness (QED) is 0.682. The molecular formula is C17H17N5OS. The van der Waals surface area contributed by atoms with E-state index >= 15 is 0 Å². The molecule has 0 fully saturated rings. The maximum atomic E-state index is 13.1. The van der Waals surface area contributed by atoms with E-state index < -0.39 is 0 Å². The molecule has 3 aromatic rings. The van der Waals surface area contributed by atoms with E-state index in [1.54, 1.807) is 35.8 Å². The molecule has 1 aliphatic heterocycles. The lowest BCUT2D eigenvalue weighted by Gasteiger charge is -2.24. The van der Waals surface area contributed by atoms with Crippen LogP contribution in [0.25, 0.3) is 11.2 Å². The van der Waals surface area contributed by atoms with E-state index in [-0.39, 0.29) is 5.91 Å². The molecule has 6 nitrogen and oxygen atoms in total. The van der Waals surface area contributed by atoms with Gasteiger partial charge in [-0.1, -0.05) is 24.3 Å². The van der Waals surface area contributed by atoms with E-state index in [0.717, 1.165) is 16.3 Å². The number of anilines is 1. The summed E-state index contributed by atoms with van der Waals surface area (Å²) >= 11 is 1.80. The molecule has 122 valence electrons. The van der Waals surface area contributed by atoms with Gasteiger partial charge in [0, 0.05) is 30.4 Å². The van der Waals surface area contributed by atoms with Crippen LogP contribution in [0.15, 0.2) is 41.4 Å². The van der Waals surface area contributed by atoms with Crippen molar-refractivity contribution in [2.75, 3.05) is 17.2 Å². The number of carbonyl (C=O) groups excluding carboxylic acids is 1. The summed E-state index contributed by atoms with van der Waals surface area (Å²) in [6.45, 7) is 2.87. The molecule has 1 atom stereocenters. The van der Waals surface area contributed by atoms with E-state index in [1.807, 2.05) is 23.1 Å². The Balaban J connectivity index is 1.76. The number of carbonyl (C=O) groups is 1. The number of thioether (sulfide) groups is 1. The number of para-hydroxylation sites is 1. The van der Waals surface area contributed by atoms with Crippen molar-refractivity contribution < 1.29 is 4.79 Å². The standard InChI is InChI=1S/C17H17N5OS/c1-11-9-22(14-5-3-4-6-15(14)24-10-11)17(23)12-7-13-16(18-8-12)21(2)20-19-13/h3-8,11H,9-10H2,1-2H3/t11-/m0/s1. The lowest BCUT2D eigenvalue weighted by atomic mass is 10.1. The van der Waals surface area contributed by atoms with Crippen LogP contribution in [-0.2, 0) is 7.05 Å². The highest BCUT2D eigenvalue weighted by atomic mass is 32.2. The van der Waals surface area contributed by atoms with Crippen molar-refractivity contribution in [1.29, 1.82) is 0 Å². The Hall–Kier alpha value is -2.41. The predicted octanol–water partition coefficient (Wildman–Crippen LogP) is 2.75. The Morgan fingerprint density at radius 3 is 3.04 bits per heavy atom. The summed E-state index contributed by atoms with van der Waals surface area (Å²) in [5, 5.41) is 8.01. The lowest BCUT2D eigenvalue weighted by molar-refractivity contribution is 0.0983. The molecule has 0 saturated heterocycles. The van der Waals surface area contributed by atoms with E-state index in [9.17, 15) is 4.79 Å². The van der Waals surface area contributed by atoms with E-state index in [4.69, 9.17) is 0 Å². The molecule has 24 heavy (non-hydrogen) atoms. The summed E-state index contributed by atoms with van der Waals surface area (Å²) in [5.74, 6) is 1.37. The highest BCUT2D eigenvalue weighted by molar-refractivity contribution is 7.99. The third-order valence-electron chi connectivity index (χ3n) is 4.11. The predicted molar refractivity (Wildman–Crippen MR) is 94.3 cm³/mol. The van der Waals surface area contributed by atoms with Gasteiger partial charge in [-0.15, -0.1) is 16.9 Å². The molecule has 0 spiro atoms. The summed E-state index contributed by atoms with van der Waals surface area (Å²) in [5.41, 5.74) is 2.81. The molecule has 0 unspecified atom stereocenters. The van der Waals surface area contributed by atoms with Gasteiger partial charge in [0.05, 0.1) is 11.3 Å². The normalized spacial score (nSPS) is 17.6. The van der Waals surface area contributed by atoms with E-state index in [2.05, 4.69) is 28.3 Å². The summed E-state index contributed by atoms with van der Waals surface area (Å²) in [6.07, 6.45) is 1.61. The van der Waals surface area contributed by atoms with Crippen LogP contribution in [0.5, 0.6) is 0 Å². The first-order valence-corrected chi connectivity index (χ1v) is 8.81. The van der Waals surface area contributed by atoms with Crippen LogP contribution in [0, 0.1) is 5.92 Å². The second-order valence-electron chi connectivity index (χ2n) is 6.08. The molecule has 1 aliphatic rings. The van der Waals surface area contributed by atoms with Crippen LogP contribution in [0.1, 0.15) is 17.3 Å². The topological polar surface area (TPSA) is 63.9 Å². The monoisotopic (exact) mass is 339 g/mol. The van der Waals surface area contributed by atoms with Crippen molar-refractivity contribution in [3.8, 4) is 0 Å². The Labute approximate surface area is 143 Å². The molecule has 0 N–H and O–H groups in total. The highest BCUT2D eigenvalue weighted by Gasteiger charge is 2.26. The minimum atomic E-state index is -0.0446. The Morgan fingerprint density at radius 2 is 2.17 bits per heavy atom.